The highest BCUT2D eigenvalue weighted by Gasteiger charge is 2.29. The molecular formula is C10H19NO. The van der Waals surface area contributed by atoms with E-state index in [0.717, 1.165) is 25.4 Å². The average molecular weight is 169 g/mol. The summed E-state index contributed by atoms with van der Waals surface area (Å²) in [6, 6.07) is 0. The molecule has 2 fully saturated rings. The van der Waals surface area contributed by atoms with Gasteiger partial charge in [0.1, 0.15) is 0 Å². The Morgan fingerprint density at radius 2 is 1.83 bits per heavy atom. The zero-order valence-corrected chi connectivity index (χ0v) is 7.63. The van der Waals surface area contributed by atoms with E-state index in [4.69, 9.17) is 0 Å². The average Bonchev–Trinajstić information content (AvgIpc) is 2.90. The molecule has 1 saturated heterocycles. The van der Waals surface area contributed by atoms with Gasteiger partial charge in [0.05, 0.1) is 6.10 Å². The van der Waals surface area contributed by atoms with Crippen molar-refractivity contribution >= 4 is 0 Å². The minimum atomic E-state index is -0.000370. The number of aliphatic hydroxyl groups is 1. The number of hydrogen-bond acceptors (Lipinski definition) is 2. The third-order valence-corrected chi connectivity index (χ3v) is 3.20. The van der Waals surface area contributed by atoms with E-state index in [0.29, 0.717) is 5.92 Å². The number of aliphatic hydroxyl groups excluding tert-OH is 1. The highest BCUT2D eigenvalue weighted by Crippen LogP contribution is 2.36. The summed E-state index contributed by atoms with van der Waals surface area (Å²) in [5, 5.41) is 13.2. The van der Waals surface area contributed by atoms with Crippen LogP contribution in [0.2, 0.25) is 0 Å². The first-order valence-electron chi connectivity index (χ1n) is 5.25. The highest BCUT2D eigenvalue weighted by molar-refractivity contribution is 4.82. The van der Waals surface area contributed by atoms with Crippen molar-refractivity contribution in [2.24, 2.45) is 11.8 Å². The Balaban J connectivity index is 1.72. The molecule has 0 aromatic carbocycles. The summed E-state index contributed by atoms with van der Waals surface area (Å²) < 4.78 is 0. The molecule has 0 unspecified atom stereocenters. The van der Waals surface area contributed by atoms with E-state index in [1.165, 1.54) is 25.7 Å². The van der Waals surface area contributed by atoms with E-state index in [-0.39, 0.29) is 6.10 Å². The molecule has 0 bridgehead atoms. The molecule has 2 heteroatoms. The summed E-state index contributed by atoms with van der Waals surface area (Å²) in [6.07, 6.45) is 6.15. The molecule has 70 valence electrons. The summed E-state index contributed by atoms with van der Waals surface area (Å²) >= 11 is 0. The summed E-state index contributed by atoms with van der Waals surface area (Å²) in [4.78, 5) is 0. The van der Waals surface area contributed by atoms with Gasteiger partial charge >= 0.3 is 0 Å². The van der Waals surface area contributed by atoms with E-state index < -0.39 is 0 Å². The Bertz CT molecular complexity index is 139. The van der Waals surface area contributed by atoms with Crippen LogP contribution in [0.25, 0.3) is 0 Å². The Morgan fingerprint density at radius 1 is 1.17 bits per heavy atom. The van der Waals surface area contributed by atoms with Crippen LogP contribution in [0.15, 0.2) is 0 Å². The first-order chi connectivity index (χ1) is 5.86. The third-order valence-electron chi connectivity index (χ3n) is 3.20. The van der Waals surface area contributed by atoms with Crippen LogP contribution in [0.1, 0.15) is 32.1 Å². The molecule has 2 rings (SSSR count). The van der Waals surface area contributed by atoms with Crippen molar-refractivity contribution in [2.45, 2.75) is 38.2 Å². The van der Waals surface area contributed by atoms with Gasteiger partial charge in [0, 0.05) is 0 Å². The Hall–Kier alpha value is -0.0800. The second-order valence-corrected chi connectivity index (χ2v) is 4.33. The van der Waals surface area contributed by atoms with E-state index >= 15 is 0 Å². The van der Waals surface area contributed by atoms with Gasteiger partial charge in [-0.15, -0.1) is 0 Å². The van der Waals surface area contributed by atoms with Gasteiger partial charge in [0.2, 0.25) is 0 Å². The molecule has 0 radical (unpaired) electrons. The largest absolute Gasteiger partial charge is 0.393 e. The predicted molar refractivity (Wildman–Crippen MR) is 48.9 cm³/mol. The molecule has 0 aromatic rings. The van der Waals surface area contributed by atoms with Crippen molar-refractivity contribution < 1.29 is 5.11 Å². The van der Waals surface area contributed by atoms with E-state index in [1.807, 2.05) is 0 Å². The zero-order chi connectivity index (χ0) is 8.39. The number of piperidine rings is 1. The summed E-state index contributed by atoms with van der Waals surface area (Å²) in [7, 11) is 0. The van der Waals surface area contributed by atoms with Crippen LogP contribution < -0.4 is 5.32 Å². The number of nitrogens with one attached hydrogen (secondary N) is 1. The van der Waals surface area contributed by atoms with Gasteiger partial charge < -0.3 is 10.4 Å². The lowest BCUT2D eigenvalue weighted by Gasteiger charge is -2.27. The van der Waals surface area contributed by atoms with Crippen LogP contribution in [0.4, 0.5) is 0 Å². The fourth-order valence-electron chi connectivity index (χ4n) is 2.12. The van der Waals surface area contributed by atoms with Crippen molar-refractivity contribution in [1.29, 1.82) is 0 Å². The lowest BCUT2D eigenvalue weighted by Crippen LogP contribution is -2.34. The quantitative estimate of drug-likeness (QED) is 0.664. The van der Waals surface area contributed by atoms with E-state index in [2.05, 4.69) is 5.32 Å². The summed E-state index contributed by atoms with van der Waals surface area (Å²) in [5.41, 5.74) is 0. The third kappa shape index (κ3) is 2.20. The minimum Gasteiger partial charge on any atom is -0.393 e. The van der Waals surface area contributed by atoms with Gasteiger partial charge in [0.15, 0.2) is 0 Å². The SMILES string of the molecule is O[C@@H](CC1CC1)C1CCNCC1. The maximum atomic E-state index is 9.86. The molecule has 2 N–H and O–H groups in total. The molecule has 2 nitrogen and oxygen atoms in total. The highest BCUT2D eigenvalue weighted by atomic mass is 16.3. The maximum absolute atomic E-state index is 9.86. The standard InChI is InChI=1S/C10H19NO/c12-10(7-8-1-2-8)9-3-5-11-6-4-9/h8-12H,1-7H2/t10-/m0/s1. The molecular weight excluding hydrogens is 150 g/mol. The van der Waals surface area contributed by atoms with Crippen molar-refractivity contribution in [2.75, 3.05) is 13.1 Å². The van der Waals surface area contributed by atoms with Gasteiger partial charge in [-0.2, -0.15) is 0 Å². The molecule has 1 saturated carbocycles. The lowest BCUT2D eigenvalue weighted by atomic mass is 9.89. The first-order valence-corrected chi connectivity index (χ1v) is 5.25. The Labute approximate surface area is 74.4 Å². The summed E-state index contributed by atoms with van der Waals surface area (Å²) in [5.74, 6) is 1.46. The smallest absolute Gasteiger partial charge is 0.0572 e. The zero-order valence-electron chi connectivity index (χ0n) is 7.63. The van der Waals surface area contributed by atoms with Gasteiger partial charge in [0.25, 0.3) is 0 Å². The fraction of sp³-hybridized carbons (Fsp3) is 1.00. The lowest BCUT2D eigenvalue weighted by molar-refractivity contribution is 0.0761. The van der Waals surface area contributed by atoms with Gasteiger partial charge in [-0.05, 0) is 44.2 Å². The van der Waals surface area contributed by atoms with Crippen LogP contribution in [-0.4, -0.2) is 24.3 Å². The molecule has 1 aliphatic heterocycles. The van der Waals surface area contributed by atoms with Crippen molar-refractivity contribution in [3.63, 3.8) is 0 Å². The topological polar surface area (TPSA) is 32.3 Å². The van der Waals surface area contributed by atoms with Crippen LogP contribution >= 0.6 is 0 Å². The molecule has 0 aromatic heterocycles. The van der Waals surface area contributed by atoms with E-state index in [1.54, 1.807) is 0 Å². The minimum absolute atomic E-state index is 0.000370. The molecule has 1 aliphatic carbocycles. The molecule has 12 heavy (non-hydrogen) atoms. The van der Waals surface area contributed by atoms with Gasteiger partial charge in [-0.3, -0.25) is 0 Å². The van der Waals surface area contributed by atoms with E-state index in [9.17, 15) is 5.11 Å². The molecule has 0 spiro atoms. The second kappa shape index (κ2) is 3.75. The van der Waals surface area contributed by atoms with Crippen molar-refractivity contribution in [3.05, 3.63) is 0 Å². The second-order valence-electron chi connectivity index (χ2n) is 4.33. The van der Waals surface area contributed by atoms with Crippen LogP contribution in [0, 0.1) is 11.8 Å². The normalized spacial score (nSPS) is 28.8. The first kappa shape index (κ1) is 8.52. The van der Waals surface area contributed by atoms with Gasteiger partial charge in [-0.1, -0.05) is 12.8 Å². The van der Waals surface area contributed by atoms with Crippen molar-refractivity contribution in [1.82, 2.24) is 5.32 Å². The van der Waals surface area contributed by atoms with Crippen LogP contribution in [0.5, 0.6) is 0 Å². The predicted octanol–water partition coefficient (Wildman–Crippen LogP) is 1.15. The Morgan fingerprint density at radius 3 is 2.42 bits per heavy atom. The fourth-order valence-corrected chi connectivity index (χ4v) is 2.12. The van der Waals surface area contributed by atoms with Gasteiger partial charge in [-0.25, -0.2) is 0 Å². The summed E-state index contributed by atoms with van der Waals surface area (Å²) in [6.45, 7) is 2.21. The molecule has 1 heterocycles. The molecule has 1 atom stereocenters. The van der Waals surface area contributed by atoms with Crippen LogP contribution in [-0.2, 0) is 0 Å². The maximum Gasteiger partial charge on any atom is 0.0572 e. The monoisotopic (exact) mass is 169 g/mol. The molecule has 0 amide bonds. The number of rotatable bonds is 3. The number of hydrogen-bond donors (Lipinski definition) is 2. The van der Waals surface area contributed by atoms with Crippen LogP contribution in [0.3, 0.4) is 0 Å². The molecule has 2 aliphatic rings. The Kier molecular flexibility index (Phi) is 2.66. The van der Waals surface area contributed by atoms with Crippen molar-refractivity contribution in [3.8, 4) is 0 Å².